The number of benzene rings is 1. The van der Waals surface area contributed by atoms with Gasteiger partial charge in [-0.2, -0.15) is 0 Å². The van der Waals surface area contributed by atoms with Gasteiger partial charge in [-0.05, 0) is 32.4 Å². The van der Waals surface area contributed by atoms with Gasteiger partial charge in [0.25, 0.3) is 0 Å². The molecule has 15 heavy (non-hydrogen) atoms. The standard InChI is InChI=1S/C13H18N2/c1-9-8-13(2,3)15-12-10(9)6-5-7-11(12)14-4/h5-8,14-15H,1-4H3. The Hall–Kier alpha value is -1.44. The van der Waals surface area contributed by atoms with Crippen LogP contribution in [-0.2, 0) is 0 Å². The Morgan fingerprint density at radius 2 is 2.00 bits per heavy atom. The van der Waals surface area contributed by atoms with Crippen LogP contribution in [0.1, 0.15) is 26.3 Å². The molecule has 1 heterocycles. The second-order valence-electron chi connectivity index (χ2n) is 4.65. The Kier molecular flexibility index (Phi) is 2.22. The van der Waals surface area contributed by atoms with Crippen molar-refractivity contribution in [1.82, 2.24) is 0 Å². The summed E-state index contributed by atoms with van der Waals surface area (Å²) in [5.41, 5.74) is 5.04. The lowest BCUT2D eigenvalue weighted by Crippen LogP contribution is -2.31. The number of fused-ring (bicyclic) bond motifs is 1. The maximum absolute atomic E-state index is 3.55. The second kappa shape index (κ2) is 3.30. The van der Waals surface area contributed by atoms with Crippen molar-refractivity contribution in [3.05, 3.63) is 29.8 Å². The van der Waals surface area contributed by atoms with Crippen LogP contribution in [0.15, 0.2) is 24.3 Å². The van der Waals surface area contributed by atoms with Crippen LogP contribution in [-0.4, -0.2) is 12.6 Å². The molecule has 0 unspecified atom stereocenters. The van der Waals surface area contributed by atoms with E-state index in [0.717, 1.165) is 5.69 Å². The van der Waals surface area contributed by atoms with E-state index in [0.29, 0.717) is 0 Å². The number of hydrogen-bond donors (Lipinski definition) is 2. The van der Waals surface area contributed by atoms with Gasteiger partial charge < -0.3 is 10.6 Å². The van der Waals surface area contributed by atoms with E-state index in [4.69, 9.17) is 0 Å². The zero-order valence-corrected chi connectivity index (χ0v) is 9.81. The average molecular weight is 202 g/mol. The highest BCUT2D eigenvalue weighted by Gasteiger charge is 2.23. The van der Waals surface area contributed by atoms with Crippen LogP contribution < -0.4 is 10.6 Å². The van der Waals surface area contributed by atoms with Crippen molar-refractivity contribution in [1.29, 1.82) is 0 Å². The molecule has 1 aliphatic heterocycles. The molecule has 80 valence electrons. The first-order chi connectivity index (χ1) is 7.03. The lowest BCUT2D eigenvalue weighted by Gasteiger charge is -2.32. The molecule has 1 aliphatic rings. The number of nitrogens with one attached hydrogen (secondary N) is 2. The Morgan fingerprint density at radius 1 is 1.27 bits per heavy atom. The third-order valence-corrected chi connectivity index (χ3v) is 2.78. The van der Waals surface area contributed by atoms with Crippen LogP contribution in [0.4, 0.5) is 11.4 Å². The van der Waals surface area contributed by atoms with Crippen molar-refractivity contribution in [2.24, 2.45) is 0 Å². The molecular formula is C13H18N2. The minimum absolute atomic E-state index is 0.0318. The lowest BCUT2D eigenvalue weighted by atomic mass is 9.91. The Morgan fingerprint density at radius 3 is 2.67 bits per heavy atom. The fraction of sp³-hybridized carbons (Fsp3) is 0.385. The van der Waals surface area contributed by atoms with Crippen molar-refractivity contribution in [2.45, 2.75) is 26.3 Å². The summed E-state index contributed by atoms with van der Waals surface area (Å²) in [6, 6.07) is 6.34. The highest BCUT2D eigenvalue weighted by Crippen LogP contribution is 2.37. The lowest BCUT2D eigenvalue weighted by molar-refractivity contribution is 0.708. The number of hydrogen-bond acceptors (Lipinski definition) is 2. The first-order valence-corrected chi connectivity index (χ1v) is 5.32. The van der Waals surface area contributed by atoms with Gasteiger partial charge in [0.05, 0.1) is 16.9 Å². The minimum Gasteiger partial charge on any atom is -0.386 e. The van der Waals surface area contributed by atoms with Crippen LogP contribution in [0.3, 0.4) is 0 Å². The third kappa shape index (κ3) is 1.72. The van der Waals surface area contributed by atoms with Gasteiger partial charge in [0.2, 0.25) is 0 Å². The molecule has 0 amide bonds. The molecule has 0 saturated heterocycles. The zero-order valence-electron chi connectivity index (χ0n) is 9.81. The molecule has 0 saturated carbocycles. The van der Waals surface area contributed by atoms with Crippen molar-refractivity contribution in [2.75, 3.05) is 17.7 Å². The molecule has 2 rings (SSSR count). The van der Waals surface area contributed by atoms with Gasteiger partial charge in [-0.1, -0.05) is 18.2 Å². The van der Waals surface area contributed by atoms with Crippen LogP contribution >= 0.6 is 0 Å². The van der Waals surface area contributed by atoms with E-state index < -0.39 is 0 Å². The number of allylic oxidation sites excluding steroid dienone is 1. The summed E-state index contributed by atoms with van der Waals surface area (Å²) in [4.78, 5) is 0. The maximum atomic E-state index is 3.55. The predicted molar refractivity (Wildman–Crippen MR) is 67.3 cm³/mol. The summed E-state index contributed by atoms with van der Waals surface area (Å²) in [5.74, 6) is 0. The predicted octanol–water partition coefficient (Wildman–Crippen LogP) is 3.34. The summed E-state index contributed by atoms with van der Waals surface area (Å²) in [6.45, 7) is 6.54. The van der Waals surface area contributed by atoms with Crippen LogP contribution in [0.5, 0.6) is 0 Å². The van der Waals surface area contributed by atoms with Gasteiger partial charge in [-0.25, -0.2) is 0 Å². The molecule has 0 spiro atoms. The molecule has 0 fully saturated rings. The molecule has 2 nitrogen and oxygen atoms in total. The number of rotatable bonds is 1. The van der Waals surface area contributed by atoms with E-state index in [-0.39, 0.29) is 5.54 Å². The van der Waals surface area contributed by atoms with Gasteiger partial charge >= 0.3 is 0 Å². The summed E-state index contributed by atoms with van der Waals surface area (Å²) in [6.07, 6.45) is 2.27. The van der Waals surface area contributed by atoms with Crippen molar-refractivity contribution in [3.8, 4) is 0 Å². The molecule has 0 bridgehead atoms. The van der Waals surface area contributed by atoms with E-state index >= 15 is 0 Å². The maximum Gasteiger partial charge on any atom is 0.0658 e. The van der Waals surface area contributed by atoms with E-state index in [1.165, 1.54) is 16.8 Å². The Bertz CT molecular complexity index is 417. The molecule has 2 N–H and O–H groups in total. The topological polar surface area (TPSA) is 24.1 Å². The minimum atomic E-state index is 0.0318. The van der Waals surface area contributed by atoms with E-state index in [2.05, 4.69) is 55.7 Å². The highest BCUT2D eigenvalue weighted by molar-refractivity contribution is 5.87. The molecule has 0 radical (unpaired) electrons. The zero-order chi connectivity index (χ0) is 11.1. The quantitative estimate of drug-likeness (QED) is 0.730. The monoisotopic (exact) mass is 202 g/mol. The first kappa shape index (κ1) is 10.1. The summed E-state index contributed by atoms with van der Waals surface area (Å²) >= 11 is 0. The number of para-hydroxylation sites is 1. The van der Waals surface area contributed by atoms with Crippen molar-refractivity contribution >= 4 is 16.9 Å². The van der Waals surface area contributed by atoms with Gasteiger partial charge in [0.15, 0.2) is 0 Å². The van der Waals surface area contributed by atoms with E-state index in [1.54, 1.807) is 0 Å². The molecule has 0 aliphatic carbocycles. The molecule has 0 aromatic heterocycles. The first-order valence-electron chi connectivity index (χ1n) is 5.32. The fourth-order valence-electron chi connectivity index (χ4n) is 2.20. The van der Waals surface area contributed by atoms with Crippen LogP contribution in [0, 0.1) is 0 Å². The second-order valence-corrected chi connectivity index (χ2v) is 4.65. The largest absolute Gasteiger partial charge is 0.386 e. The SMILES string of the molecule is CNc1cccc2c1NC(C)(C)C=C2C. The fourth-order valence-corrected chi connectivity index (χ4v) is 2.20. The number of anilines is 2. The van der Waals surface area contributed by atoms with Gasteiger partial charge in [-0.15, -0.1) is 0 Å². The van der Waals surface area contributed by atoms with E-state index in [9.17, 15) is 0 Å². The normalized spacial score (nSPS) is 17.5. The molecule has 1 aromatic carbocycles. The van der Waals surface area contributed by atoms with Crippen LogP contribution in [0.2, 0.25) is 0 Å². The molecule has 0 atom stereocenters. The van der Waals surface area contributed by atoms with Gasteiger partial charge in [0.1, 0.15) is 0 Å². The van der Waals surface area contributed by atoms with Gasteiger partial charge in [-0.3, -0.25) is 0 Å². The smallest absolute Gasteiger partial charge is 0.0658 e. The summed E-state index contributed by atoms with van der Waals surface area (Å²) < 4.78 is 0. The highest BCUT2D eigenvalue weighted by atomic mass is 15.0. The van der Waals surface area contributed by atoms with Gasteiger partial charge in [0, 0.05) is 12.6 Å². The molecular weight excluding hydrogens is 184 g/mol. The third-order valence-electron chi connectivity index (χ3n) is 2.78. The summed E-state index contributed by atoms with van der Waals surface area (Å²) in [7, 11) is 1.96. The molecule has 2 heteroatoms. The van der Waals surface area contributed by atoms with Crippen LogP contribution in [0.25, 0.3) is 5.57 Å². The Balaban J connectivity index is 2.59. The van der Waals surface area contributed by atoms with Crippen molar-refractivity contribution in [3.63, 3.8) is 0 Å². The van der Waals surface area contributed by atoms with Crippen molar-refractivity contribution < 1.29 is 0 Å². The average Bonchev–Trinajstić information content (AvgIpc) is 2.15. The van der Waals surface area contributed by atoms with E-state index in [1.807, 2.05) is 7.05 Å². The summed E-state index contributed by atoms with van der Waals surface area (Å²) in [5, 5.41) is 6.77. The Labute approximate surface area is 91.4 Å². The molecule has 1 aromatic rings.